The summed E-state index contributed by atoms with van der Waals surface area (Å²) < 4.78 is 116. The van der Waals surface area contributed by atoms with E-state index < -0.39 is 92.1 Å². The monoisotopic (exact) mass is 1440 g/mol. The summed E-state index contributed by atoms with van der Waals surface area (Å²) in [5, 5.41) is 0. The molecule has 13 rings (SSSR count). The minimum atomic E-state index is -1.30. The van der Waals surface area contributed by atoms with Gasteiger partial charge in [-0.2, -0.15) is 0 Å². The second-order valence-electron chi connectivity index (χ2n) is 26.8. The van der Waals surface area contributed by atoms with Gasteiger partial charge in [-0.25, -0.2) is 0 Å². The van der Waals surface area contributed by atoms with Gasteiger partial charge in [-0.05, 0) is 55.6 Å². The van der Waals surface area contributed by atoms with Crippen molar-refractivity contribution in [3.63, 3.8) is 0 Å². The summed E-state index contributed by atoms with van der Waals surface area (Å²) in [6.45, 7) is 6.15. The second kappa shape index (κ2) is 41.6. The molecule has 0 bridgehead atoms. The molecule has 3 heterocycles. The normalized spacial score (nSPS) is 24.4. The minimum absolute atomic E-state index is 0.0266. The Morgan fingerprint density at radius 2 is 0.411 bits per heavy atom. The summed E-state index contributed by atoms with van der Waals surface area (Å²) in [6, 6.07) is 100. The van der Waals surface area contributed by atoms with Gasteiger partial charge in [0.2, 0.25) is 0 Å². The molecular weight excluding hydrogens is 1350 g/mol. The van der Waals surface area contributed by atoms with E-state index in [4.69, 9.17) is 75.8 Å². The second-order valence-corrected chi connectivity index (χ2v) is 26.8. The van der Waals surface area contributed by atoms with Crippen LogP contribution in [0.25, 0.3) is 0 Å². The first-order valence-corrected chi connectivity index (χ1v) is 37.0. The zero-order valence-corrected chi connectivity index (χ0v) is 60.2. The van der Waals surface area contributed by atoms with Crippen LogP contribution >= 0.6 is 0 Å². The molecule has 10 aromatic carbocycles. The molecule has 3 aliphatic heterocycles. The van der Waals surface area contributed by atoms with Crippen molar-refractivity contribution in [2.45, 2.75) is 158 Å². The van der Waals surface area contributed by atoms with Crippen LogP contribution in [0.4, 0.5) is 0 Å². The van der Waals surface area contributed by atoms with Crippen LogP contribution in [-0.4, -0.2) is 119 Å². The molecule has 556 valence electrons. The lowest BCUT2D eigenvalue weighted by molar-refractivity contribution is -0.395. The Bertz CT molecular complexity index is 4050. The van der Waals surface area contributed by atoms with Crippen LogP contribution in [-0.2, 0) is 142 Å². The van der Waals surface area contributed by atoms with Gasteiger partial charge >= 0.3 is 0 Å². The maximum Gasteiger partial charge on any atom is 0.187 e. The molecule has 0 N–H and O–H groups in total. The number of rotatable bonds is 40. The number of ether oxygens (including phenoxy) is 16. The molecule has 0 radical (unpaired) electrons. The van der Waals surface area contributed by atoms with Crippen molar-refractivity contribution >= 4 is 0 Å². The predicted octanol–water partition coefficient (Wildman–Crippen LogP) is 15.9. The van der Waals surface area contributed by atoms with E-state index in [0.717, 1.165) is 55.6 Å². The first-order chi connectivity index (χ1) is 53.0. The molecule has 3 aliphatic rings. The van der Waals surface area contributed by atoms with E-state index in [2.05, 4.69) is 6.58 Å². The van der Waals surface area contributed by atoms with Crippen molar-refractivity contribution in [1.29, 1.82) is 0 Å². The molecule has 0 amide bonds. The summed E-state index contributed by atoms with van der Waals surface area (Å²) in [5.74, 6) is 0. The molecule has 15 atom stereocenters. The highest BCUT2D eigenvalue weighted by Crippen LogP contribution is 2.40. The Labute approximate surface area is 628 Å². The molecule has 0 aliphatic carbocycles. The maximum absolute atomic E-state index is 7.91. The van der Waals surface area contributed by atoms with E-state index in [1.807, 2.05) is 303 Å². The van der Waals surface area contributed by atoms with Gasteiger partial charge in [-0.15, -0.1) is 6.58 Å². The third-order valence-electron chi connectivity index (χ3n) is 18.9. The van der Waals surface area contributed by atoms with Crippen molar-refractivity contribution in [2.24, 2.45) is 0 Å². The lowest BCUT2D eigenvalue weighted by Gasteiger charge is -2.52. The van der Waals surface area contributed by atoms with E-state index in [0.29, 0.717) is 6.61 Å². The van der Waals surface area contributed by atoms with E-state index in [1.165, 1.54) is 0 Å². The standard InChI is InChI=1S/C91H96O16/c1-2-53-95-89-86(100-61-74-47-27-10-28-48-74)84(98-59-72-43-23-8-24-44-72)81(78(103-89)65-93-55-68-35-15-4-16-36-68)106-91-88(102-63-76-51-31-12-32-52-76)85(99-60-73-45-25-9-26-46-73)82(79(105-91)66-94-56-69-37-17-5-18-38-69)107-90-87(101-62-75-49-29-11-30-50-75)83(97-58-71-41-21-7-22-42-71)80(96-57-70-39-19-6-20-40-70)77(104-90)64-92-54-67-33-13-3-14-34-67/h2-52,77-91H,1,53-66H2. The van der Waals surface area contributed by atoms with Crippen molar-refractivity contribution in [2.75, 3.05) is 26.4 Å². The van der Waals surface area contributed by atoms with Crippen LogP contribution in [0, 0.1) is 0 Å². The zero-order chi connectivity index (χ0) is 72.7. The Hall–Kier alpha value is -8.70. The van der Waals surface area contributed by atoms with Crippen molar-refractivity contribution in [3.8, 4) is 0 Å². The molecule has 0 spiro atoms. The fourth-order valence-electron chi connectivity index (χ4n) is 13.5. The smallest absolute Gasteiger partial charge is 0.187 e. The maximum atomic E-state index is 7.91. The van der Waals surface area contributed by atoms with Crippen LogP contribution in [0.15, 0.2) is 316 Å². The Morgan fingerprint density at radius 1 is 0.215 bits per heavy atom. The zero-order valence-electron chi connectivity index (χ0n) is 60.2. The Kier molecular flexibility index (Phi) is 29.7. The molecular formula is C91H96O16. The molecule has 16 heteroatoms. The minimum Gasteiger partial charge on any atom is -0.374 e. The van der Waals surface area contributed by atoms with Crippen LogP contribution in [0.2, 0.25) is 0 Å². The van der Waals surface area contributed by atoms with Crippen molar-refractivity contribution in [3.05, 3.63) is 372 Å². The SMILES string of the molecule is C=CCOC1OC(COCc2ccccc2)C(OC2OC(COCc3ccccc3)C(OC3OC(COCc4ccccc4)C(OCc4ccccc4)C(OCc4ccccc4)C3OCc3ccccc3)C(OCc3ccccc3)C2OCc2ccccc2)C(OCc2ccccc2)C1OCc1ccccc1. The quantitative estimate of drug-likeness (QED) is 0.0335. The summed E-state index contributed by atoms with van der Waals surface area (Å²) in [6.07, 6.45) is -13.3. The van der Waals surface area contributed by atoms with Crippen molar-refractivity contribution < 1.29 is 75.8 Å². The number of hydrogen-bond donors (Lipinski definition) is 0. The van der Waals surface area contributed by atoms with Gasteiger partial charge in [-0.3, -0.25) is 0 Å². The number of hydrogen-bond acceptors (Lipinski definition) is 16. The van der Waals surface area contributed by atoms with Gasteiger partial charge in [0, 0.05) is 0 Å². The highest BCUT2D eigenvalue weighted by molar-refractivity contribution is 5.22. The largest absolute Gasteiger partial charge is 0.374 e. The molecule has 16 nitrogen and oxygen atoms in total. The third-order valence-corrected chi connectivity index (χ3v) is 18.9. The molecule has 107 heavy (non-hydrogen) atoms. The summed E-state index contributed by atoms with van der Waals surface area (Å²) >= 11 is 0. The lowest BCUT2D eigenvalue weighted by Crippen LogP contribution is -2.68. The molecule has 3 fully saturated rings. The molecule has 0 aromatic heterocycles. The number of benzene rings is 10. The Balaban J connectivity index is 0.940. The van der Waals surface area contributed by atoms with Gasteiger partial charge in [0.1, 0.15) is 73.2 Å². The first-order valence-electron chi connectivity index (χ1n) is 37.0. The van der Waals surface area contributed by atoms with E-state index >= 15 is 0 Å². The van der Waals surface area contributed by atoms with Crippen LogP contribution < -0.4 is 0 Å². The van der Waals surface area contributed by atoms with Gasteiger partial charge in [-0.1, -0.05) is 309 Å². The summed E-state index contributed by atoms with van der Waals surface area (Å²) in [7, 11) is 0. The summed E-state index contributed by atoms with van der Waals surface area (Å²) in [4.78, 5) is 0. The van der Waals surface area contributed by atoms with E-state index in [1.54, 1.807) is 6.08 Å². The molecule has 10 aromatic rings. The van der Waals surface area contributed by atoms with Gasteiger partial charge in [0.15, 0.2) is 18.9 Å². The van der Waals surface area contributed by atoms with Crippen LogP contribution in [0.5, 0.6) is 0 Å². The van der Waals surface area contributed by atoms with Crippen LogP contribution in [0.3, 0.4) is 0 Å². The van der Waals surface area contributed by atoms with Gasteiger partial charge in [0.05, 0.1) is 92.5 Å². The van der Waals surface area contributed by atoms with Crippen LogP contribution in [0.1, 0.15) is 55.6 Å². The first kappa shape index (κ1) is 76.5. The average Bonchev–Trinajstić information content (AvgIpc) is 0.763. The predicted molar refractivity (Wildman–Crippen MR) is 405 cm³/mol. The third kappa shape index (κ3) is 22.9. The fourth-order valence-corrected chi connectivity index (χ4v) is 13.5. The average molecular weight is 1450 g/mol. The highest BCUT2D eigenvalue weighted by Gasteiger charge is 2.57. The van der Waals surface area contributed by atoms with E-state index in [9.17, 15) is 0 Å². The fraction of sp³-hybridized carbons (Fsp3) is 0.319. The molecule has 0 saturated carbocycles. The topological polar surface area (TPSA) is 148 Å². The highest BCUT2D eigenvalue weighted by atomic mass is 16.8. The molecule has 15 unspecified atom stereocenters. The van der Waals surface area contributed by atoms with Gasteiger partial charge in [0.25, 0.3) is 0 Å². The van der Waals surface area contributed by atoms with Gasteiger partial charge < -0.3 is 75.8 Å². The summed E-state index contributed by atoms with van der Waals surface area (Å²) in [5.41, 5.74) is 9.37. The van der Waals surface area contributed by atoms with E-state index in [-0.39, 0.29) is 85.9 Å². The lowest BCUT2D eigenvalue weighted by atomic mass is 9.95. The van der Waals surface area contributed by atoms with Crippen molar-refractivity contribution in [1.82, 2.24) is 0 Å². The molecule has 3 saturated heterocycles. The Morgan fingerprint density at radius 3 is 0.664 bits per heavy atom.